The van der Waals surface area contributed by atoms with Gasteiger partial charge >= 0.3 is 0 Å². The van der Waals surface area contributed by atoms with Gasteiger partial charge in [0.1, 0.15) is 0 Å². The predicted molar refractivity (Wildman–Crippen MR) is 79.5 cm³/mol. The van der Waals surface area contributed by atoms with Gasteiger partial charge in [0.2, 0.25) is 0 Å². The molecular weight excluding hydrogens is 212 g/mol. The first-order valence-corrected chi connectivity index (χ1v) is 8.09. The van der Waals surface area contributed by atoms with Crippen LogP contribution in [-0.4, -0.2) is 5.75 Å². The maximum atomic E-state index is 4.25. The Morgan fingerprint density at radius 3 is 1.88 bits per heavy atom. The largest absolute Gasteiger partial charge is 0.179 e. The molecule has 98 valence electrons. The number of unbranched alkanes of at least 4 members (excludes halogenated alkanes) is 5. The quantitative estimate of drug-likeness (QED) is 0.322. The second-order valence-corrected chi connectivity index (χ2v) is 5.52. The van der Waals surface area contributed by atoms with Crippen LogP contribution in [0.25, 0.3) is 0 Å². The molecular formula is C15H32S. The lowest BCUT2D eigenvalue weighted by atomic mass is 9.91. The molecule has 0 fully saturated rings. The van der Waals surface area contributed by atoms with E-state index < -0.39 is 0 Å². The summed E-state index contributed by atoms with van der Waals surface area (Å²) in [4.78, 5) is 0. The van der Waals surface area contributed by atoms with E-state index in [0.717, 1.165) is 11.7 Å². The summed E-state index contributed by atoms with van der Waals surface area (Å²) in [6.07, 6.45) is 15.6. The highest BCUT2D eigenvalue weighted by Crippen LogP contribution is 2.22. The molecule has 0 saturated heterocycles. The van der Waals surface area contributed by atoms with E-state index in [1.54, 1.807) is 0 Å². The van der Waals surface area contributed by atoms with Gasteiger partial charge in [0.05, 0.1) is 0 Å². The summed E-state index contributed by atoms with van der Waals surface area (Å²) in [6.45, 7) is 4.63. The van der Waals surface area contributed by atoms with Crippen LogP contribution in [0.4, 0.5) is 0 Å². The van der Waals surface area contributed by atoms with E-state index in [1.807, 2.05) is 0 Å². The molecule has 0 aromatic heterocycles. The van der Waals surface area contributed by atoms with Crippen molar-refractivity contribution in [3.63, 3.8) is 0 Å². The molecule has 0 spiro atoms. The van der Waals surface area contributed by atoms with Gasteiger partial charge in [-0.3, -0.25) is 0 Å². The Morgan fingerprint density at radius 1 is 0.688 bits per heavy atom. The van der Waals surface area contributed by atoms with E-state index in [9.17, 15) is 0 Å². The highest BCUT2D eigenvalue weighted by atomic mass is 32.1. The fraction of sp³-hybridized carbons (Fsp3) is 1.00. The van der Waals surface area contributed by atoms with Crippen molar-refractivity contribution in [2.24, 2.45) is 5.92 Å². The molecule has 16 heavy (non-hydrogen) atoms. The highest BCUT2D eigenvalue weighted by molar-refractivity contribution is 7.80. The van der Waals surface area contributed by atoms with E-state index in [-0.39, 0.29) is 0 Å². The van der Waals surface area contributed by atoms with Crippen molar-refractivity contribution in [3.05, 3.63) is 0 Å². The first-order chi connectivity index (χ1) is 7.85. The van der Waals surface area contributed by atoms with Gasteiger partial charge in [0, 0.05) is 0 Å². The van der Waals surface area contributed by atoms with Crippen molar-refractivity contribution >= 4 is 12.6 Å². The minimum atomic E-state index is 1.02. The van der Waals surface area contributed by atoms with Crippen LogP contribution in [0.5, 0.6) is 0 Å². The van der Waals surface area contributed by atoms with E-state index in [0.29, 0.717) is 0 Å². The minimum absolute atomic E-state index is 1.02. The molecule has 0 nitrogen and oxygen atoms in total. The van der Waals surface area contributed by atoms with Gasteiger partial charge in [-0.25, -0.2) is 0 Å². The molecule has 0 rings (SSSR count). The van der Waals surface area contributed by atoms with Gasteiger partial charge < -0.3 is 0 Å². The molecule has 0 aromatic carbocycles. The molecule has 0 aromatic rings. The van der Waals surface area contributed by atoms with Gasteiger partial charge in [0.25, 0.3) is 0 Å². The third-order valence-electron chi connectivity index (χ3n) is 3.43. The van der Waals surface area contributed by atoms with Gasteiger partial charge in [-0.2, -0.15) is 12.6 Å². The SMILES string of the molecule is CCCCCC(CCC)CCCCCCS. The third kappa shape index (κ3) is 10.9. The molecule has 1 unspecified atom stereocenters. The Morgan fingerprint density at radius 2 is 1.31 bits per heavy atom. The van der Waals surface area contributed by atoms with Crippen molar-refractivity contribution in [2.45, 2.75) is 84.5 Å². The predicted octanol–water partition coefficient (Wildman–Crippen LogP) is 5.86. The smallest absolute Gasteiger partial charge is 0.00979 e. The van der Waals surface area contributed by atoms with E-state index in [4.69, 9.17) is 0 Å². The molecule has 0 heterocycles. The standard InChI is InChI=1S/C15H32S/c1-3-5-8-12-15(11-4-2)13-9-6-7-10-14-16/h15-16H,3-14H2,1-2H3. The number of rotatable bonds is 12. The Bertz CT molecular complexity index is 123. The molecule has 0 aliphatic heterocycles. The fourth-order valence-electron chi connectivity index (χ4n) is 2.42. The second-order valence-electron chi connectivity index (χ2n) is 5.08. The molecule has 0 N–H and O–H groups in total. The Labute approximate surface area is 109 Å². The van der Waals surface area contributed by atoms with Gasteiger partial charge in [0.15, 0.2) is 0 Å². The average molecular weight is 244 g/mol. The first-order valence-electron chi connectivity index (χ1n) is 7.46. The zero-order valence-electron chi connectivity index (χ0n) is 11.5. The summed E-state index contributed by atoms with van der Waals surface area (Å²) >= 11 is 4.25. The number of hydrogen-bond donors (Lipinski definition) is 1. The summed E-state index contributed by atoms with van der Waals surface area (Å²) in [5.74, 6) is 2.09. The van der Waals surface area contributed by atoms with Crippen LogP contribution in [0.3, 0.4) is 0 Å². The maximum absolute atomic E-state index is 4.25. The Hall–Kier alpha value is 0.350. The van der Waals surface area contributed by atoms with Gasteiger partial charge in [-0.1, -0.05) is 78.1 Å². The molecule has 0 radical (unpaired) electrons. The summed E-state index contributed by atoms with van der Waals surface area (Å²) in [5, 5.41) is 0. The van der Waals surface area contributed by atoms with Crippen molar-refractivity contribution in [3.8, 4) is 0 Å². The molecule has 0 bridgehead atoms. The molecule has 0 saturated carbocycles. The number of thiol groups is 1. The van der Waals surface area contributed by atoms with Crippen molar-refractivity contribution in [2.75, 3.05) is 5.75 Å². The van der Waals surface area contributed by atoms with E-state index in [1.165, 1.54) is 70.6 Å². The van der Waals surface area contributed by atoms with Crippen molar-refractivity contribution in [1.82, 2.24) is 0 Å². The second kappa shape index (κ2) is 13.4. The monoisotopic (exact) mass is 244 g/mol. The average Bonchev–Trinajstić information content (AvgIpc) is 2.29. The lowest BCUT2D eigenvalue weighted by Gasteiger charge is -2.15. The van der Waals surface area contributed by atoms with Crippen LogP contribution >= 0.6 is 12.6 Å². The van der Waals surface area contributed by atoms with Crippen LogP contribution in [0.1, 0.15) is 84.5 Å². The Kier molecular flexibility index (Phi) is 13.7. The molecule has 1 atom stereocenters. The zero-order chi connectivity index (χ0) is 12.1. The van der Waals surface area contributed by atoms with Crippen molar-refractivity contribution < 1.29 is 0 Å². The topological polar surface area (TPSA) is 0 Å². The molecule has 0 aliphatic rings. The first kappa shape index (κ1) is 16.4. The normalized spacial score (nSPS) is 12.9. The van der Waals surface area contributed by atoms with Crippen LogP contribution in [0.15, 0.2) is 0 Å². The fourth-order valence-corrected chi connectivity index (χ4v) is 2.65. The van der Waals surface area contributed by atoms with E-state index in [2.05, 4.69) is 26.5 Å². The summed E-state index contributed by atoms with van der Waals surface area (Å²) in [7, 11) is 0. The van der Waals surface area contributed by atoms with Gasteiger partial charge in [-0.05, 0) is 18.1 Å². The van der Waals surface area contributed by atoms with Gasteiger partial charge in [-0.15, -0.1) is 0 Å². The molecule has 0 amide bonds. The maximum Gasteiger partial charge on any atom is -0.00979 e. The lowest BCUT2D eigenvalue weighted by Crippen LogP contribution is -2.00. The van der Waals surface area contributed by atoms with Crippen LogP contribution < -0.4 is 0 Å². The van der Waals surface area contributed by atoms with Crippen LogP contribution in [-0.2, 0) is 0 Å². The highest BCUT2D eigenvalue weighted by Gasteiger charge is 2.06. The third-order valence-corrected chi connectivity index (χ3v) is 3.75. The van der Waals surface area contributed by atoms with Crippen LogP contribution in [0, 0.1) is 5.92 Å². The lowest BCUT2D eigenvalue weighted by molar-refractivity contribution is 0.381. The molecule has 1 heteroatoms. The summed E-state index contributed by atoms with van der Waals surface area (Å²) in [5.41, 5.74) is 0. The Balaban J connectivity index is 3.43. The zero-order valence-corrected chi connectivity index (χ0v) is 12.4. The van der Waals surface area contributed by atoms with E-state index >= 15 is 0 Å². The van der Waals surface area contributed by atoms with Crippen LogP contribution in [0.2, 0.25) is 0 Å². The molecule has 0 aliphatic carbocycles. The number of hydrogen-bond acceptors (Lipinski definition) is 1. The summed E-state index contributed by atoms with van der Waals surface area (Å²) < 4.78 is 0. The minimum Gasteiger partial charge on any atom is -0.179 e. The van der Waals surface area contributed by atoms with Crippen molar-refractivity contribution in [1.29, 1.82) is 0 Å². The summed E-state index contributed by atoms with van der Waals surface area (Å²) in [6, 6.07) is 0.